The molecule has 0 saturated heterocycles. The molecule has 1 amide bonds. The van der Waals surface area contributed by atoms with Crippen LogP contribution in [0.2, 0.25) is 0 Å². The van der Waals surface area contributed by atoms with Gasteiger partial charge in [-0.15, -0.1) is 0 Å². The fraction of sp³-hybridized carbons (Fsp3) is 0.579. The predicted molar refractivity (Wildman–Crippen MR) is 95.9 cm³/mol. The minimum Gasteiger partial charge on any atom is -0.483 e. The Labute approximate surface area is 173 Å². The quantitative estimate of drug-likeness (QED) is 0.660. The van der Waals surface area contributed by atoms with E-state index < -0.39 is 53.8 Å². The number of hydrogen-bond donors (Lipinski definition) is 1. The van der Waals surface area contributed by atoms with Gasteiger partial charge in [-0.3, -0.25) is 4.79 Å². The molecule has 5 nitrogen and oxygen atoms in total. The summed E-state index contributed by atoms with van der Waals surface area (Å²) in [4.78, 5) is 12.6. The Morgan fingerprint density at radius 1 is 1.13 bits per heavy atom. The Morgan fingerprint density at radius 2 is 1.68 bits per heavy atom. The van der Waals surface area contributed by atoms with E-state index in [9.17, 15) is 40.6 Å². The monoisotopic (exact) mass is 458 g/mol. The number of hydrazone groups is 1. The average molecular weight is 458 g/mol. The first kappa shape index (κ1) is 24.9. The zero-order chi connectivity index (χ0) is 24.0. The van der Waals surface area contributed by atoms with Gasteiger partial charge in [-0.05, 0) is 18.6 Å². The number of aryl methyl sites for hydroxylation is 1. The fourth-order valence-corrected chi connectivity index (χ4v) is 2.84. The standard InChI is InChI=1S/C19H21F7N2O3/c1-11-7-5-6-8-12(11)31-10-14(29)28-16(30,15(2,3)4)9-13(27-28)17(20,21)18(22,23)19(24,25)26/h5-8,30H,9-10H2,1-4H3/t16-/m1/s1. The Morgan fingerprint density at radius 3 is 2.16 bits per heavy atom. The molecular formula is C19H21F7N2O3. The van der Waals surface area contributed by atoms with E-state index in [-0.39, 0.29) is 10.8 Å². The van der Waals surface area contributed by atoms with Crippen LogP contribution in [0, 0.1) is 12.3 Å². The van der Waals surface area contributed by atoms with Crippen molar-refractivity contribution in [2.75, 3.05) is 6.61 Å². The molecule has 1 aromatic carbocycles. The number of aliphatic hydroxyl groups is 1. The van der Waals surface area contributed by atoms with Gasteiger partial charge in [0.25, 0.3) is 5.91 Å². The van der Waals surface area contributed by atoms with Crippen LogP contribution in [0.25, 0.3) is 0 Å². The van der Waals surface area contributed by atoms with Crippen LogP contribution in [0.1, 0.15) is 32.8 Å². The van der Waals surface area contributed by atoms with Crippen molar-refractivity contribution < 1.29 is 45.4 Å². The van der Waals surface area contributed by atoms with Crippen molar-refractivity contribution in [2.45, 2.75) is 57.9 Å². The summed E-state index contributed by atoms with van der Waals surface area (Å²) in [6, 6.07) is 6.42. The number of carbonyl (C=O) groups excluding carboxylic acids is 1. The molecule has 1 aliphatic rings. The lowest BCUT2D eigenvalue weighted by Gasteiger charge is -2.41. The predicted octanol–water partition coefficient (Wildman–Crippen LogP) is 4.53. The number of halogens is 7. The van der Waals surface area contributed by atoms with Gasteiger partial charge in [-0.1, -0.05) is 39.0 Å². The third-order valence-corrected chi connectivity index (χ3v) is 4.98. The molecule has 0 spiro atoms. The summed E-state index contributed by atoms with van der Waals surface area (Å²) in [5.74, 6) is -13.2. The van der Waals surface area contributed by atoms with Crippen molar-refractivity contribution in [3.8, 4) is 5.75 Å². The fourth-order valence-electron chi connectivity index (χ4n) is 2.84. The van der Waals surface area contributed by atoms with E-state index in [4.69, 9.17) is 4.74 Å². The van der Waals surface area contributed by atoms with Crippen LogP contribution in [0.3, 0.4) is 0 Å². The van der Waals surface area contributed by atoms with Crippen molar-refractivity contribution in [1.29, 1.82) is 0 Å². The van der Waals surface area contributed by atoms with Gasteiger partial charge in [0.2, 0.25) is 0 Å². The summed E-state index contributed by atoms with van der Waals surface area (Å²) < 4.78 is 98.3. The zero-order valence-electron chi connectivity index (χ0n) is 17.0. The highest BCUT2D eigenvalue weighted by Gasteiger charge is 2.76. The lowest BCUT2D eigenvalue weighted by atomic mass is 9.79. The number of carbonyl (C=O) groups is 1. The van der Waals surface area contributed by atoms with Crippen LogP contribution in [-0.4, -0.2) is 52.1 Å². The molecule has 12 heteroatoms. The minimum atomic E-state index is -6.58. The van der Waals surface area contributed by atoms with E-state index in [1.54, 1.807) is 25.1 Å². The molecule has 0 saturated carbocycles. The van der Waals surface area contributed by atoms with Gasteiger partial charge in [-0.25, -0.2) is 0 Å². The number of hydrogen-bond acceptors (Lipinski definition) is 4. The first-order valence-electron chi connectivity index (χ1n) is 9.00. The Balaban J connectivity index is 2.41. The van der Waals surface area contributed by atoms with Crippen LogP contribution >= 0.6 is 0 Å². The van der Waals surface area contributed by atoms with Gasteiger partial charge in [0.15, 0.2) is 12.3 Å². The van der Waals surface area contributed by atoms with Crippen molar-refractivity contribution >= 4 is 11.6 Å². The third-order valence-electron chi connectivity index (χ3n) is 4.98. The first-order chi connectivity index (χ1) is 13.9. The maximum absolute atomic E-state index is 14.2. The molecule has 0 aliphatic carbocycles. The van der Waals surface area contributed by atoms with E-state index in [0.29, 0.717) is 5.56 Å². The van der Waals surface area contributed by atoms with Crippen LogP contribution in [-0.2, 0) is 4.79 Å². The summed E-state index contributed by atoms with van der Waals surface area (Å²) in [6.45, 7) is 4.68. The summed E-state index contributed by atoms with van der Waals surface area (Å²) in [6.07, 6.45) is -7.99. The molecule has 0 unspecified atom stereocenters. The largest absolute Gasteiger partial charge is 0.483 e. The van der Waals surface area contributed by atoms with E-state index in [2.05, 4.69) is 5.10 Å². The Bertz CT molecular complexity index is 878. The number of alkyl halides is 7. The number of ether oxygens (including phenoxy) is 1. The van der Waals surface area contributed by atoms with Gasteiger partial charge < -0.3 is 9.84 Å². The molecule has 1 aliphatic heterocycles. The normalized spacial score (nSPS) is 20.6. The smallest absolute Gasteiger partial charge is 0.460 e. The maximum Gasteiger partial charge on any atom is 0.460 e. The molecular weight excluding hydrogens is 437 g/mol. The van der Waals surface area contributed by atoms with Crippen LogP contribution in [0.4, 0.5) is 30.7 Å². The van der Waals surface area contributed by atoms with Gasteiger partial charge in [-0.2, -0.15) is 40.8 Å². The summed E-state index contributed by atoms with van der Waals surface area (Å²) in [5, 5.41) is 14.0. The second kappa shape index (κ2) is 7.64. The van der Waals surface area contributed by atoms with Gasteiger partial charge in [0.1, 0.15) is 11.5 Å². The average Bonchev–Trinajstić information content (AvgIpc) is 2.99. The molecule has 2 rings (SSSR count). The van der Waals surface area contributed by atoms with Gasteiger partial charge >= 0.3 is 18.0 Å². The number of rotatable bonds is 5. The number of amides is 1. The van der Waals surface area contributed by atoms with E-state index in [1.807, 2.05) is 0 Å². The highest BCUT2D eigenvalue weighted by molar-refractivity contribution is 5.96. The SMILES string of the molecule is Cc1ccccc1OCC(=O)N1N=C(C(F)(F)C(F)(F)C(F)(F)F)C[C@@]1(O)C(C)(C)C. The molecule has 0 aromatic heterocycles. The van der Waals surface area contributed by atoms with Crippen LogP contribution in [0.5, 0.6) is 5.75 Å². The highest BCUT2D eigenvalue weighted by atomic mass is 19.4. The molecule has 1 heterocycles. The van der Waals surface area contributed by atoms with E-state index in [0.717, 1.165) is 0 Å². The summed E-state index contributed by atoms with van der Waals surface area (Å²) in [5.41, 5.74) is -5.39. The molecule has 0 fully saturated rings. The molecule has 0 bridgehead atoms. The highest BCUT2D eigenvalue weighted by Crippen LogP contribution is 2.51. The first-order valence-corrected chi connectivity index (χ1v) is 9.00. The zero-order valence-corrected chi connectivity index (χ0v) is 17.0. The Hall–Kier alpha value is -2.37. The molecule has 0 radical (unpaired) electrons. The maximum atomic E-state index is 14.2. The van der Waals surface area contributed by atoms with Gasteiger partial charge in [0.05, 0.1) is 0 Å². The molecule has 174 valence electrons. The number of nitrogens with zero attached hydrogens (tertiary/aromatic N) is 2. The lowest BCUT2D eigenvalue weighted by Crippen LogP contribution is -2.58. The second-order valence-electron chi connectivity index (χ2n) is 8.20. The molecule has 31 heavy (non-hydrogen) atoms. The number of para-hydroxylation sites is 1. The molecule has 1 atom stereocenters. The lowest BCUT2D eigenvalue weighted by molar-refractivity contribution is -0.336. The second-order valence-corrected chi connectivity index (χ2v) is 8.20. The number of benzene rings is 1. The van der Waals surface area contributed by atoms with Gasteiger partial charge in [0, 0.05) is 11.8 Å². The third kappa shape index (κ3) is 4.21. The van der Waals surface area contributed by atoms with Crippen molar-refractivity contribution in [1.82, 2.24) is 5.01 Å². The van der Waals surface area contributed by atoms with Crippen molar-refractivity contribution in [3.05, 3.63) is 29.8 Å². The summed E-state index contributed by atoms with van der Waals surface area (Å²) in [7, 11) is 0. The van der Waals surface area contributed by atoms with Crippen LogP contribution < -0.4 is 4.74 Å². The minimum absolute atomic E-state index is 0.0982. The summed E-state index contributed by atoms with van der Waals surface area (Å²) >= 11 is 0. The van der Waals surface area contributed by atoms with E-state index in [1.165, 1.54) is 26.8 Å². The van der Waals surface area contributed by atoms with Crippen molar-refractivity contribution in [2.24, 2.45) is 10.5 Å². The van der Waals surface area contributed by atoms with E-state index >= 15 is 0 Å². The van der Waals surface area contributed by atoms with Crippen LogP contribution in [0.15, 0.2) is 29.4 Å². The molecule has 1 aromatic rings. The van der Waals surface area contributed by atoms with Crippen molar-refractivity contribution in [3.63, 3.8) is 0 Å². The molecule has 1 N–H and O–H groups in total. The topological polar surface area (TPSA) is 62.1 Å². The Kier molecular flexibility index (Phi) is 6.14.